The number of aliphatic carboxylic acids is 1. The number of hydrogen-bond acceptors (Lipinski definition) is 6. The molecular formula is C15H14F2N3O4-. The number of carbonyl (C=O) groups is 2. The number of nitriles is 1. The van der Waals surface area contributed by atoms with Crippen molar-refractivity contribution in [2.24, 2.45) is 5.41 Å². The molecule has 7 nitrogen and oxygen atoms in total. The van der Waals surface area contributed by atoms with Gasteiger partial charge >= 0.3 is 0 Å². The molecule has 0 N–H and O–H groups in total. The van der Waals surface area contributed by atoms with E-state index < -0.39 is 23.2 Å². The van der Waals surface area contributed by atoms with E-state index in [1.807, 2.05) is 6.07 Å². The number of rotatable bonds is 3. The second kappa shape index (κ2) is 6.03. The normalized spacial score (nSPS) is 16.9. The van der Waals surface area contributed by atoms with Gasteiger partial charge in [0.2, 0.25) is 5.91 Å². The van der Waals surface area contributed by atoms with E-state index in [1.165, 1.54) is 12.4 Å². The zero-order valence-electron chi connectivity index (χ0n) is 13.0. The second-order valence-corrected chi connectivity index (χ2v) is 5.66. The van der Waals surface area contributed by atoms with Gasteiger partial charge in [0.25, 0.3) is 5.92 Å². The number of hydrogen-bond donors (Lipinski definition) is 0. The molecule has 1 atom stereocenters. The molecule has 0 bridgehead atoms. The van der Waals surface area contributed by atoms with Gasteiger partial charge in [-0.15, -0.1) is 0 Å². The molecule has 1 aliphatic heterocycles. The number of halogens is 2. The van der Waals surface area contributed by atoms with E-state index in [2.05, 4.69) is 4.98 Å². The summed E-state index contributed by atoms with van der Waals surface area (Å²) >= 11 is 0. The van der Waals surface area contributed by atoms with Crippen molar-refractivity contribution >= 4 is 11.9 Å². The van der Waals surface area contributed by atoms with Crippen LogP contribution in [0.3, 0.4) is 0 Å². The van der Waals surface area contributed by atoms with Gasteiger partial charge in [-0.3, -0.25) is 9.78 Å². The minimum Gasteiger partial charge on any atom is -0.549 e. The Labute approximate surface area is 136 Å². The van der Waals surface area contributed by atoms with E-state index in [-0.39, 0.29) is 31.0 Å². The molecule has 2 rings (SSSR count). The largest absolute Gasteiger partial charge is 0.549 e. The summed E-state index contributed by atoms with van der Waals surface area (Å²) in [6.45, 7) is 0.613. The summed E-state index contributed by atoms with van der Waals surface area (Å²) in [5, 5.41) is 20.3. The fraction of sp³-hybridized carbons (Fsp3) is 0.467. The molecule has 1 aromatic heterocycles. The van der Waals surface area contributed by atoms with E-state index in [1.54, 1.807) is 0 Å². The van der Waals surface area contributed by atoms with Crippen LogP contribution in [0.5, 0.6) is 5.75 Å². The number of carboxylic acid groups (broad SMARTS) is 1. The third-order valence-corrected chi connectivity index (χ3v) is 4.06. The van der Waals surface area contributed by atoms with Crippen LogP contribution >= 0.6 is 0 Å². The summed E-state index contributed by atoms with van der Waals surface area (Å²) in [5.41, 5.74) is -2.54. The van der Waals surface area contributed by atoms with E-state index in [0.717, 1.165) is 4.90 Å². The SMILES string of the molecule is CC(F)(F)C(C)(C(=O)[O-])C(=O)N1CCOc2c(C#N)cncc2C1. The highest BCUT2D eigenvalue weighted by molar-refractivity contribution is 6.01. The molecular weight excluding hydrogens is 324 g/mol. The first-order chi connectivity index (χ1) is 11.1. The molecule has 0 aromatic carbocycles. The molecule has 0 spiro atoms. The highest BCUT2D eigenvalue weighted by atomic mass is 19.3. The van der Waals surface area contributed by atoms with Crippen LogP contribution in [-0.2, 0) is 16.1 Å². The lowest BCUT2D eigenvalue weighted by atomic mass is 9.82. The summed E-state index contributed by atoms with van der Waals surface area (Å²) in [6, 6.07) is 1.88. The summed E-state index contributed by atoms with van der Waals surface area (Å²) in [6.07, 6.45) is 2.62. The zero-order chi connectivity index (χ0) is 18.1. The first kappa shape index (κ1) is 17.6. The van der Waals surface area contributed by atoms with Crippen LogP contribution in [0.15, 0.2) is 12.4 Å². The molecule has 0 radical (unpaired) electrons. The highest BCUT2D eigenvalue weighted by Gasteiger charge is 2.55. The van der Waals surface area contributed by atoms with E-state index in [4.69, 9.17) is 10.00 Å². The Morgan fingerprint density at radius 1 is 1.42 bits per heavy atom. The number of aromatic nitrogens is 1. The molecule has 0 fully saturated rings. The van der Waals surface area contributed by atoms with Crippen molar-refractivity contribution in [3.8, 4) is 11.8 Å². The highest BCUT2D eigenvalue weighted by Crippen LogP contribution is 2.38. The van der Waals surface area contributed by atoms with Crippen LogP contribution in [0.1, 0.15) is 25.0 Å². The quantitative estimate of drug-likeness (QED) is 0.723. The van der Waals surface area contributed by atoms with Crippen molar-refractivity contribution in [1.29, 1.82) is 5.26 Å². The number of amides is 1. The molecule has 1 amide bonds. The van der Waals surface area contributed by atoms with Gasteiger partial charge in [-0.05, 0) is 6.92 Å². The maximum Gasteiger partial charge on any atom is 0.264 e. The van der Waals surface area contributed by atoms with Gasteiger partial charge in [-0.1, -0.05) is 0 Å². The Balaban J connectivity index is 2.41. The summed E-state index contributed by atoms with van der Waals surface area (Å²) in [5.74, 6) is -7.06. The summed E-state index contributed by atoms with van der Waals surface area (Å²) < 4.78 is 33.0. The lowest BCUT2D eigenvalue weighted by molar-refractivity contribution is -0.326. The molecule has 2 heterocycles. The smallest absolute Gasteiger partial charge is 0.264 e. The number of fused-ring (bicyclic) bond motifs is 1. The molecule has 128 valence electrons. The summed E-state index contributed by atoms with van der Waals surface area (Å²) in [4.78, 5) is 28.5. The molecule has 1 aromatic rings. The number of ether oxygens (including phenoxy) is 1. The Bertz CT molecular complexity index is 726. The van der Waals surface area contributed by atoms with Gasteiger partial charge in [0, 0.05) is 24.9 Å². The van der Waals surface area contributed by atoms with E-state index in [9.17, 15) is 23.5 Å². The monoisotopic (exact) mass is 338 g/mol. The van der Waals surface area contributed by atoms with Gasteiger partial charge in [0.05, 0.1) is 19.1 Å². The van der Waals surface area contributed by atoms with E-state index >= 15 is 0 Å². The molecule has 0 saturated carbocycles. The number of nitrogens with zero attached hydrogens (tertiary/aromatic N) is 3. The van der Waals surface area contributed by atoms with Crippen LogP contribution in [0.2, 0.25) is 0 Å². The molecule has 9 heteroatoms. The van der Waals surface area contributed by atoms with Gasteiger partial charge in [-0.2, -0.15) is 5.26 Å². The number of carboxylic acids is 1. The Morgan fingerprint density at radius 2 is 2.08 bits per heavy atom. The summed E-state index contributed by atoms with van der Waals surface area (Å²) in [7, 11) is 0. The average Bonchev–Trinajstić information content (AvgIpc) is 2.73. The third kappa shape index (κ3) is 2.75. The Hall–Kier alpha value is -2.76. The van der Waals surface area contributed by atoms with Crippen molar-refractivity contribution in [2.45, 2.75) is 26.3 Å². The van der Waals surface area contributed by atoms with Crippen molar-refractivity contribution in [1.82, 2.24) is 9.88 Å². The van der Waals surface area contributed by atoms with E-state index in [0.29, 0.717) is 19.4 Å². The topological polar surface area (TPSA) is 106 Å². The van der Waals surface area contributed by atoms with Gasteiger partial charge < -0.3 is 19.5 Å². The van der Waals surface area contributed by atoms with Crippen LogP contribution in [0, 0.1) is 16.7 Å². The van der Waals surface area contributed by atoms with Crippen molar-refractivity contribution < 1.29 is 28.2 Å². The zero-order valence-corrected chi connectivity index (χ0v) is 13.0. The van der Waals surface area contributed by atoms with Crippen molar-refractivity contribution in [2.75, 3.05) is 13.2 Å². The Morgan fingerprint density at radius 3 is 2.62 bits per heavy atom. The number of carbonyl (C=O) groups excluding carboxylic acids is 2. The predicted molar refractivity (Wildman–Crippen MR) is 73.6 cm³/mol. The molecule has 24 heavy (non-hydrogen) atoms. The van der Waals surface area contributed by atoms with Crippen LogP contribution in [-0.4, -0.2) is 40.8 Å². The third-order valence-electron chi connectivity index (χ3n) is 4.06. The minimum absolute atomic E-state index is 0.0736. The van der Waals surface area contributed by atoms with Crippen molar-refractivity contribution in [3.05, 3.63) is 23.5 Å². The average molecular weight is 338 g/mol. The number of pyridine rings is 1. The minimum atomic E-state index is -3.83. The van der Waals surface area contributed by atoms with Crippen molar-refractivity contribution in [3.63, 3.8) is 0 Å². The first-order valence-electron chi connectivity index (χ1n) is 7.01. The molecule has 0 saturated heterocycles. The van der Waals surface area contributed by atoms with Gasteiger partial charge in [-0.25, -0.2) is 8.78 Å². The maximum absolute atomic E-state index is 13.8. The van der Waals surface area contributed by atoms with Gasteiger partial charge in [0.1, 0.15) is 29.4 Å². The van der Waals surface area contributed by atoms with Crippen LogP contribution in [0.25, 0.3) is 0 Å². The lowest BCUT2D eigenvalue weighted by Crippen LogP contribution is -2.60. The standard InChI is InChI=1S/C15H15F2N3O4/c1-14(13(22)23,15(2,16)17)12(21)20-3-4-24-11-9(5-18)6-19-7-10(11)8-20/h6-7H,3-4,8H2,1-2H3,(H,22,23)/p-1. The molecule has 1 unspecified atom stereocenters. The fourth-order valence-electron chi connectivity index (χ4n) is 2.34. The predicted octanol–water partition coefficient (Wildman–Crippen LogP) is 0.0857. The molecule has 1 aliphatic rings. The lowest BCUT2D eigenvalue weighted by Gasteiger charge is -2.38. The van der Waals surface area contributed by atoms with Crippen LogP contribution < -0.4 is 9.84 Å². The maximum atomic E-state index is 13.8. The van der Waals surface area contributed by atoms with Crippen LogP contribution in [0.4, 0.5) is 8.78 Å². The first-order valence-corrected chi connectivity index (χ1v) is 7.01. The second-order valence-electron chi connectivity index (χ2n) is 5.66. The Kier molecular flexibility index (Phi) is 4.42. The number of alkyl halides is 2. The fourth-order valence-corrected chi connectivity index (χ4v) is 2.34. The van der Waals surface area contributed by atoms with Gasteiger partial charge in [0.15, 0.2) is 0 Å². The molecule has 0 aliphatic carbocycles.